The first-order chi connectivity index (χ1) is 8.40. The molecule has 1 saturated carbocycles. The molecule has 1 atom stereocenters. The van der Waals surface area contributed by atoms with Gasteiger partial charge in [-0.25, -0.2) is 0 Å². The van der Waals surface area contributed by atoms with Crippen molar-refractivity contribution in [3.8, 4) is 0 Å². The smallest absolute Gasteiger partial charge is 0.330 e. The number of rotatable bonds is 5. The summed E-state index contributed by atoms with van der Waals surface area (Å²) < 4.78 is 38.9. The first-order valence-corrected chi connectivity index (χ1v) is 6.88. The fourth-order valence-electron chi connectivity index (χ4n) is 2.97. The number of nitrogens with zero attached hydrogens (tertiary/aromatic N) is 1. The van der Waals surface area contributed by atoms with Gasteiger partial charge in [-0.05, 0) is 51.6 Å². The highest BCUT2D eigenvalue weighted by molar-refractivity contribution is 4.85. The van der Waals surface area contributed by atoms with E-state index in [0.29, 0.717) is 5.92 Å². The molecule has 1 rings (SSSR count). The van der Waals surface area contributed by atoms with Crippen molar-refractivity contribution in [1.82, 2.24) is 4.90 Å². The minimum atomic E-state index is -4.17. The molecule has 108 valence electrons. The third-order valence-electron chi connectivity index (χ3n) is 4.28. The van der Waals surface area contributed by atoms with E-state index >= 15 is 0 Å². The monoisotopic (exact) mass is 266 g/mol. The maximum absolute atomic E-state index is 13.0. The molecule has 18 heavy (non-hydrogen) atoms. The van der Waals surface area contributed by atoms with Crippen LogP contribution in [0.5, 0.6) is 0 Å². The van der Waals surface area contributed by atoms with E-state index < -0.39 is 12.2 Å². The molecule has 0 aliphatic heterocycles. The molecule has 0 spiro atoms. The summed E-state index contributed by atoms with van der Waals surface area (Å²) in [6.45, 7) is 2.24. The van der Waals surface area contributed by atoms with Gasteiger partial charge in [-0.2, -0.15) is 13.2 Å². The quantitative estimate of drug-likeness (QED) is 0.828. The largest absolute Gasteiger partial charge is 0.404 e. The maximum Gasteiger partial charge on any atom is 0.404 e. The number of hydrogen-bond acceptors (Lipinski definition) is 2. The van der Waals surface area contributed by atoms with Crippen LogP contribution in [0.1, 0.15) is 45.4 Å². The molecule has 1 unspecified atom stereocenters. The van der Waals surface area contributed by atoms with Crippen molar-refractivity contribution in [2.45, 2.75) is 63.7 Å². The van der Waals surface area contributed by atoms with Crippen molar-refractivity contribution in [2.24, 2.45) is 11.7 Å². The lowest BCUT2D eigenvalue weighted by molar-refractivity contribution is -0.188. The normalized spacial score (nSPS) is 27.5. The lowest BCUT2D eigenvalue weighted by Gasteiger charge is -2.39. The summed E-state index contributed by atoms with van der Waals surface area (Å²) in [6.07, 6.45) is 0.834. The summed E-state index contributed by atoms with van der Waals surface area (Å²) in [5.41, 5.74) is 5.31. The van der Waals surface area contributed by atoms with Gasteiger partial charge in [-0.1, -0.05) is 13.3 Å². The third-order valence-corrected chi connectivity index (χ3v) is 4.28. The van der Waals surface area contributed by atoms with Crippen LogP contribution in [0.25, 0.3) is 0 Å². The molecule has 2 nitrogen and oxygen atoms in total. The number of hydrogen-bond donors (Lipinski definition) is 1. The average molecular weight is 266 g/mol. The first-order valence-electron chi connectivity index (χ1n) is 6.88. The van der Waals surface area contributed by atoms with Crippen LogP contribution >= 0.6 is 0 Å². The van der Waals surface area contributed by atoms with Crippen LogP contribution in [0.3, 0.4) is 0 Å². The van der Waals surface area contributed by atoms with Gasteiger partial charge in [0.05, 0.1) is 0 Å². The molecule has 0 amide bonds. The molecule has 1 aliphatic carbocycles. The number of halogens is 3. The SMILES string of the molecule is CCC1CCC(N(C)C(CCN)C(F)(F)F)CC1. The van der Waals surface area contributed by atoms with Crippen molar-refractivity contribution in [1.29, 1.82) is 0 Å². The van der Waals surface area contributed by atoms with Gasteiger partial charge >= 0.3 is 6.18 Å². The van der Waals surface area contributed by atoms with Gasteiger partial charge in [0.15, 0.2) is 0 Å². The van der Waals surface area contributed by atoms with Crippen LogP contribution in [0.15, 0.2) is 0 Å². The van der Waals surface area contributed by atoms with Crippen molar-refractivity contribution in [2.75, 3.05) is 13.6 Å². The Hall–Kier alpha value is -0.290. The lowest BCUT2D eigenvalue weighted by atomic mass is 9.83. The van der Waals surface area contributed by atoms with Crippen LogP contribution in [0.2, 0.25) is 0 Å². The summed E-state index contributed by atoms with van der Waals surface area (Å²) >= 11 is 0. The summed E-state index contributed by atoms with van der Waals surface area (Å²) in [7, 11) is 1.60. The topological polar surface area (TPSA) is 29.3 Å². The van der Waals surface area contributed by atoms with Gasteiger partial charge in [-0.15, -0.1) is 0 Å². The van der Waals surface area contributed by atoms with Gasteiger partial charge in [0.2, 0.25) is 0 Å². The predicted octanol–water partition coefficient (Wildman–Crippen LogP) is 3.17. The molecule has 1 aliphatic rings. The van der Waals surface area contributed by atoms with E-state index in [1.54, 1.807) is 7.05 Å². The molecule has 1 fully saturated rings. The summed E-state index contributed by atoms with van der Waals surface area (Å²) in [5.74, 6) is 0.702. The highest BCUT2D eigenvalue weighted by Gasteiger charge is 2.43. The molecule has 0 bridgehead atoms. The Balaban J connectivity index is 2.58. The molecular weight excluding hydrogens is 241 g/mol. The fraction of sp³-hybridized carbons (Fsp3) is 1.00. The molecule has 5 heteroatoms. The first kappa shape index (κ1) is 15.8. The predicted molar refractivity (Wildman–Crippen MR) is 67.3 cm³/mol. The van der Waals surface area contributed by atoms with Gasteiger partial charge in [-0.3, -0.25) is 4.90 Å². The fourth-order valence-corrected chi connectivity index (χ4v) is 2.97. The van der Waals surface area contributed by atoms with Crippen LogP contribution in [0.4, 0.5) is 13.2 Å². The van der Waals surface area contributed by atoms with E-state index in [1.807, 2.05) is 0 Å². The summed E-state index contributed by atoms with van der Waals surface area (Å²) in [6, 6.07) is -1.32. The molecular formula is C13H25F3N2. The van der Waals surface area contributed by atoms with Gasteiger partial charge < -0.3 is 5.73 Å². The average Bonchev–Trinajstić information content (AvgIpc) is 2.34. The van der Waals surface area contributed by atoms with E-state index in [4.69, 9.17) is 5.73 Å². The molecule has 0 heterocycles. The zero-order valence-corrected chi connectivity index (χ0v) is 11.3. The Kier molecular flexibility index (Phi) is 5.92. The number of alkyl halides is 3. The van der Waals surface area contributed by atoms with Gasteiger partial charge in [0.25, 0.3) is 0 Å². The highest BCUT2D eigenvalue weighted by Crippen LogP contribution is 2.34. The minimum Gasteiger partial charge on any atom is -0.330 e. The second kappa shape index (κ2) is 6.75. The Morgan fingerprint density at radius 2 is 1.78 bits per heavy atom. The van der Waals surface area contributed by atoms with E-state index in [-0.39, 0.29) is 19.0 Å². The minimum absolute atomic E-state index is 0.00624. The second-order valence-corrected chi connectivity index (χ2v) is 5.38. The standard InChI is InChI=1S/C13H25F3N2/c1-3-10-4-6-11(7-5-10)18(2)12(8-9-17)13(14,15)16/h10-12H,3-9,17H2,1-2H3. The van der Waals surface area contributed by atoms with Gasteiger partial charge in [0, 0.05) is 6.04 Å². The van der Waals surface area contributed by atoms with Crippen LogP contribution < -0.4 is 5.73 Å². The lowest BCUT2D eigenvalue weighted by Crippen LogP contribution is -2.50. The van der Waals surface area contributed by atoms with Crippen LogP contribution in [0, 0.1) is 5.92 Å². The zero-order chi connectivity index (χ0) is 13.8. The summed E-state index contributed by atoms with van der Waals surface area (Å²) in [4.78, 5) is 1.51. The molecule has 0 aromatic carbocycles. The molecule has 0 aromatic heterocycles. The van der Waals surface area contributed by atoms with Crippen molar-refractivity contribution in [3.63, 3.8) is 0 Å². The maximum atomic E-state index is 13.0. The second-order valence-electron chi connectivity index (χ2n) is 5.38. The van der Waals surface area contributed by atoms with E-state index in [0.717, 1.165) is 32.1 Å². The van der Waals surface area contributed by atoms with E-state index in [1.165, 1.54) is 4.90 Å². The zero-order valence-electron chi connectivity index (χ0n) is 11.3. The van der Waals surface area contributed by atoms with Crippen molar-refractivity contribution in [3.05, 3.63) is 0 Å². The molecule has 2 N–H and O–H groups in total. The van der Waals surface area contributed by atoms with Gasteiger partial charge in [0.1, 0.15) is 6.04 Å². The Morgan fingerprint density at radius 3 is 2.17 bits per heavy atom. The van der Waals surface area contributed by atoms with Crippen molar-refractivity contribution >= 4 is 0 Å². The molecule has 0 aromatic rings. The summed E-state index contributed by atoms with van der Waals surface area (Å²) in [5, 5.41) is 0. The van der Waals surface area contributed by atoms with E-state index in [9.17, 15) is 13.2 Å². The number of nitrogens with two attached hydrogens (primary N) is 1. The third kappa shape index (κ3) is 4.12. The highest BCUT2D eigenvalue weighted by atomic mass is 19.4. The van der Waals surface area contributed by atoms with Crippen LogP contribution in [-0.4, -0.2) is 36.8 Å². The Morgan fingerprint density at radius 1 is 1.22 bits per heavy atom. The van der Waals surface area contributed by atoms with E-state index in [2.05, 4.69) is 6.92 Å². The molecule has 0 radical (unpaired) electrons. The Labute approximate surface area is 108 Å². The van der Waals surface area contributed by atoms with Crippen LogP contribution in [-0.2, 0) is 0 Å². The van der Waals surface area contributed by atoms with Crippen molar-refractivity contribution < 1.29 is 13.2 Å². The molecule has 0 saturated heterocycles. The Bertz CT molecular complexity index is 235.